The first-order valence-corrected chi connectivity index (χ1v) is 15.6. The number of hydrogen-bond acceptors (Lipinski definition) is 4. The van der Waals surface area contributed by atoms with E-state index >= 15 is 0 Å². The Balaban J connectivity index is 0.000000423. The number of aromatic carboxylic acids is 2. The van der Waals surface area contributed by atoms with Crippen LogP contribution in [-0.4, -0.2) is 33.8 Å². The van der Waals surface area contributed by atoms with Crippen LogP contribution in [0.25, 0.3) is 0 Å². The third-order valence-corrected chi connectivity index (χ3v) is 7.52. The smallest absolute Gasteiger partial charge is 0.412 e. The minimum Gasteiger partial charge on any atom is -0.478 e. The van der Waals surface area contributed by atoms with Gasteiger partial charge < -0.3 is 14.9 Å². The van der Waals surface area contributed by atoms with Crippen molar-refractivity contribution in [1.82, 2.24) is 0 Å². The van der Waals surface area contributed by atoms with Gasteiger partial charge in [0.25, 0.3) is 0 Å². The third kappa shape index (κ3) is 11.3. The number of carbonyl (C=O) groups is 3. The van der Waals surface area contributed by atoms with E-state index in [1.807, 2.05) is 82.4 Å². The molecule has 0 aliphatic carbocycles. The van der Waals surface area contributed by atoms with Gasteiger partial charge in [-0.25, -0.2) is 14.4 Å². The van der Waals surface area contributed by atoms with Crippen LogP contribution in [0.3, 0.4) is 0 Å². The van der Waals surface area contributed by atoms with Gasteiger partial charge in [-0.3, -0.25) is 5.32 Å². The first-order chi connectivity index (χ1) is 21.2. The highest BCUT2D eigenvalue weighted by Crippen LogP contribution is 2.19. The van der Waals surface area contributed by atoms with Crippen LogP contribution in [0.4, 0.5) is 10.5 Å². The van der Waals surface area contributed by atoms with Crippen LogP contribution in [0.2, 0.25) is 0 Å². The summed E-state index contributed by atoms with van der Waals surface area (Å²) in [7, 11) is 0. The molecule has 0 saturated carbocycles. The lowest BCUT2D eigenvalue weighted by atomic mass is 10.0. The monoisotopic (exact) mass is 825 g/mol. The van der Waals surface area contributed by atoms with E-state index in [4.69, 9.17) is 9.84 Å². The van der Waals surface area contributed by atoms with Crippen molar-refractivity contribution in [3.05, 3.63) is 131 Å². The maximum absolute atomic E-state index is 12.0. The van der Waals surface area contributed by atoms with Crippen molar-refractivity contribution >= 4 is 68.9 Å². The summed E-state index contributed by atoms with van der Waals surface area (Å²) in [6.45, 7) is 7.37. The molecular formula is C36H29I2NO6. The summed E-state index contributed by atoms with van der Waals surface area (Å²) in [5.41, 5.74) is 3.82. The Hall–Kier alpha value is -4.33. The van der Waals surface area contributed by atoms with E-state index in [2.05, 4.69) is 29.0 Å². The largest absolute Gasteiger partial charge is 0.478 e. The van der Waals surface area contributed by atoms with E-state index in [1.54, 1.807) is 75.4 Å². The molecule has 45 heavy (non-hydrogen) atoms. The Morgan fingerprint density at radius 3 is 1.53 bits per heavy atom. The molecule has 0 aromatic heterocycles. The van der Waals surface area contributed by atoms with Crippen molar-refractivity contribution < 1.29 is 29.3 Å². The average Bonchev–Trinajstić information content (AvgIpc) is 2.95. The van der Waals surface area contributed by atoms with Gasteiger partial charge in [0.1, 0.15) is 5.60 Å². The van der Waals surface area contributed by atoms with Gasteiger partial charge in [-0.1, -0.05) is 53.5 Å². The molecule has 3 N–H and O–H groups in total. The van der Waals surface area contributed by atoms with Crippen LogP contribution in [0.15, 0.2) is 84.9 Å². The van der Waals surface area contributed by atoms with Gasteiger partial charge in [0.2, 0.25) is 0 Å². The molecule has 0 aliphatic heterocycles. The number of amides is 1. The summed E-state index contributed by atoms with van der Waals surface area (Å²) in [5.74, 6) is 9.94. The molecule has 0 atom stereocenters. The summed E-state index contributed by atoms with van der Waals surface area (Å²) in [5, 5.41) is 21.2. The van der Waals surface area contributed by atoms with E-state index in [-0.39, 0.29) is 5.56 Å². The second-order valence-corrected chi connectivity index (χ2v) is 12.8. The molecule has 0 saturated heterocycles. The normalized spacial score (nSPS) is 10.1. The van der Waals surface area contributed by atoms with Crippen LogP contribution in [0, 0.1) is 37.7 Å². The summed E-state index contributed by atoms with van der Waals surface area (Å²) < 4.78 is 6.79. The molecule has 4 rings (SSSR count). The standard InChI is InChI=1S/C29H25NO4.C7H4I2O2/c1-20-8-10-21(11-9-20)12-16-23-6-5-7-24(26(23)27(31)32)17-13-22-14-18-25(19-15-22)30-28(33)34-29(2,3)4;8-4-2-1-3-5(9)6(4)7(10)11/h5-11,14-15,18-19H,1-4H3,(H,30,33)(H,31,32);1-3H,(H,10,11). The average molecular weight is 825 g/mol. The highest BCUT2D eigenvalue weighted by molar-refractivity contribution is 14.1. The number of benzene rings is 4. The van der Waals surface area contributed by atoms with Crippen molar-refractivity contribution in [3.8, 4) is 23.7 Å². The summed E-state index contributed by atoms with van der Waals surface area (Å²) in [6.07, 6.45) is -0.541. The maximum atomic E-state index is 12.0. The van der Waals surface area contributed by atoms with E-state index in [0.29, 0.717) is 27.9 Å². The number of hydrogen-bond donors (Lipinski definition) is 3. The highest BCUT2D eigenvalue weighted by Gasteiger charge is 2.16. The fourth-order valence-corrected chi connectivity index (χ4v) is 5.64. The van der Waals surface area contributed by atoms with Crippen molar-refractivity contribution in [1.29, 1.82) is 0 Å². The number of nitrogens with one attached hydrogen (secondary N) is 1. The van der Waals surface area contributed by atoms with Crippen LogP contribution in [0.1, 0.15) is 69.3 Å². The lowest BCUT2D eigenvalue weighted by Crippen LogP contribution is -2.27. The van der Waals surface area contributed by atoms with Crippen molar-refractivity contribution in [3.63, 3.8) is 0 Å². The van der Waals surface area contributed by atoms with E-state index in [9.17, 15) is 19.5 Å². The number of carboxylic acids is 2. The second kappa shape index (κ2) is 16.1. The Bertz CT molecular complexity index is 1820. The van der Waals surface area contributed by atoms with Crippen LogP contribution in [-0.2, 0) is 4.74 Å². The van der Waals surface area contributed by atoms with Crippen molar-refractivity contribution in [2.45, 2.75) is 33.3 Å². The van der Waals surface area contributed by atoms with Gasteiger partial charge >= 0.3 is 18.0 Å². The summed E-state index contributed by atoms with van der Waals surface area (Å²) in [4.78, 5) is 34.5. The van der Waals surface area contributed by atoms with Gasteiger partial charge in [0.15, 0.2) is 0 Å². The zero-order chi connectivity index (χ0) is 33.1. The lowest BCUT2D eigenvalue weighted by molar-refractivity contribution is 0.0632. The van der Waals surface area contributed by atoms with Gasteiger partial charge in [-0.2, -0.15) is 0 Å². The Morgan fingerprint density at radius 2 is 1.11 bits per heavy atom. The molecule has 0 heterocycles. The van der Waals surface area contributed by atoms with Crippen molar-refractivity contribution in [2.24, 2.45) is 0 Å². The van der Waals surface area contributed by atoms with E-state index < -0.39 is 23.6 Å². The number of rotatable bonds is 3. The third-order valence-electron chi connectivity index (χ3n) is 5.72. The van der Waals surface area contributed by atoms with E-state index in [0.717, 1.165) is 18.3 Å². The topological polar surface area (TPSA) is 113 Å². The summed E-state index contributed by atoms with van der Waals surface area (Å²) in [6, 6.07) is 25.1. The molecule has 0 fully saturated rings. The molecule has 4 aromatic rings. The van der Waals surface area contributed by atoms with Gasteiger partial charge in [0, 0.05) is 35.1 Å². The van der Waals surface area contributed by atoms with Gasteiger partial charge in [-0.15, -0.1) is 0 Å². The van der Waals surface area contributed by atoms with Crippen LogP contribution < -0.4 is 5.32 Å². The van der Waals surface area contributed by atoms with Gasteiger partial charge in [-0.05, 0) is 134 Å². The molecule has 0 radical (unpaired) electrons. The molecule has 0 bridgehead atoms. The van der Waals surface area contributed by atoms with Crippen LogP contribution >= 0.6 is 45.2 Å². The Labute approximate surface area is 289 Å². The molecule has 228 valence electrons. The molecule has 0 unspecified atom stereocenters. The quantitative estimate of drug-likeness (QED) is 0.141. The molecule has 9 heteroatoms. The Kier molecular flexibility index (Phi) is 12.6. The van der Waals surface area contributed by atoms with E-state index in [1.165, 1.54) is 0 Å². The number of carbonyl (C=O) groups excluding carboxylic acids is 1. The maximum Gasteiger partial charge on any atom is 0.412 e. The molecule has 7 nitrogen and oxygen atoms in total. The first-order valence-electron chi connectivity index (χ1n) is 13.5. The minimum atomic E-state index is -1.09. The zero-order valence-corrected chi connectivity index (χ0v) is 29.2. The number of carboxylic acid groups (broad SMARTS) is 2. The predicted octanol–water partition coefficient (Wildman–Crippen LogP) is 8.43. The predicted molar refractivity (Wildman–Crippen MR) is 192 cm³/mol. The number of aryl methyl sites for hydroxylation is 1. The summed E-state index contributed by atoms with van der Waals surface area (Å²) >= 11 is 4.03. The number of ether oxygens (including phenoxy) is 1. The molecule has 4 aromatic carbocycles. The number of halogens is 2. The molecule has 0 spiro atoms. The fraction of sp³-hybridized carbons (Fsp3) is 0.139. The SMILES string of the molecule is Cc1ccc(C#Cc2cccc(C#Cc3ccc(NC(=O)OC(C)(C)C)cc3)c2C(=O)O)cc1.O=C(O)c1c(I)cccc1I. The minimum absolute atomic E-state index is 0.0674. The fourth-order valence-electron chi connectivity index (χ4n) is 3.67. The first kappa shape index (κ1) is 35.2. The number of anilines is 1. The van der Waals surface area contributed by atoms with Gasteiger partial charge in [0.05, 0.1) is 11.1 Å². The highest BCUT2D eigenvalue weighted by atomic mass is 127. The molecule has 1 amide bonds. The lowest BCUT2D eigenvalue weighted by Gasteiger charge is -2.19. The second-order valence-electron chi connectivity index (χ2n) is 10.5. The zero-order valence-electron chi connectivity index (χ0n) is 24.9. The molecular weight excluding hydrogens is 796 g/mol. The van der Waals surface area contributed by atoms with Crippen LogP contribution in [0.5, 0.6) is 0 Å². The molecule has 0 aliphatic rings. The Morgan fingerprint density at radius 1 is 0.667 bits per heavy atom. The van der Waals surface area contributed by atoms with Crippen molar-refractivity contribution in [2.75, 3.05) is 5.32 Å².